The quantitative estimate of drug-likeness (QED) is 0.717. The van der Waals surface area contributed by atoms with Crippen molar-refractivity contribution in [3.05, 3.63) is 47.8 Å². The van der Waals surface area contributed by atoms with Gasteiger partial charge in [0, 0.05) is 39.1 Å². The molecule has 8 heteroatoms. The lowest BCUT2D eigenvalue weighted by molar-refractivity contribution is 0.0734. The van der Waals surface area contributed by atoms with Crippen LogP contribution >= 0.6 is 0 Å². The average molecular weight is 351 g/mol. The molecular weight excluding hydrogens is 330 g/mol. The molecule has 0 spiro atoms. The third-order valence-corrected chi connectivity index (χ3v) is 4.67. The van der Waals surface area contributed by atoms with Gasteiger partial charge in [-0.1, -0.05) is 0 Å². The van der Waals surface area contributed by atoms with E-state index in [-0.39, 0.29) is 11.9 Å². The van der Waals surface area contributed by atoms with Gasteiger partial charge in [-0.2, -0.15) is 5.10 Å². The highest BCUT2D eigenvalue weighted by Gasteiger charge is 2.33. The molecule has 0 unspecified atom stereocenters. The summed E-state index contributed by atoms with van der Waals surface area (Å²) in [6, 6.07) is 3.71. The Morgan fingerprint density at radius 3 is 2.96 bits per heavy atom. The minimum absolute atomic E-state index is 0.0520. The third-order valence-electron chi connectivity index (χ3n) is 4.67. The molecule has 0 bridgehead atoms. The van der Waals surface area contributed by atoms with Crippen molar-refractivity contribution in [3.8, 4) is 0 Å². The van der Waals surface area contributed by atoms with Crippen LogP contribution < -0.4 is 4.90 Å². The highest BCUT2D eigenvalue weighted by Crippen LogP contribution is 2.33. The van der Waals surface area contributed by atoms with Crippen molar-refractivity contribution in [2.45, 2.75) is 25.8 Å². The molecule has 0 radical (unpaired) electrons. The highest BCUT2D eigenvalue weighted by molar-refractivity contribution is 6.00. The Balaban J connectivity index is 1.70. The first kappa shape index (κ1) is 16.4. The lowest BCUT2D eigenvalue weighted by Crippen LogP contribution is -2.31. The Morgan fingerprint density at radius 2 is 2.15 bits per heavy atom. The summed E-state index contributed by atoms with van der Waals surface area (Å²) in [4.78, 5) is 30.4. The van der Waals surface area contributed by atoms with Crippen molar-refractivity contribution in [1.82, 2.24) is 29.5 Å². The molecule has 1 aliphatic rings. The van der Waals surface area contributed by atoms with Gasteiger partial charge in [-0.05, 0) is 25.8 Å². The number of carbonyl (C=O) groups excluding carboxylic acids is 1. The Hall–Kier alpha value is -3.03. The summed E-state index contributed by atoms with van der Waals surface area (Å²) in [7, 11) is 3.90. The normalized spacial score (nSPS) is 17.0. The van der Waals surface area contributed by atoms with Crippen LogP contribution in [0.4, 0.5) is 5.82 Å². The minimum Gasteiger partial charge on any atom is -0.363 e. The minimum atomic E-state index is -0.0541. The molecule has 0 saturated carbocycles. The third kappa shape index (κ3) is 2.77. The van der Waals surface area contributed by atoms with Crippen LogP contribution in [0, 0.1) is 6.92 Å². The van der Waals surface area contributed by atoms with Crippen LogP contribution in [0.25, 0.3) is 5.65 Å². The van der Waals surface area contributed by atoms with E-state index in [1.54, 1.807) is 29.2 Å². The van der Waals surface area contributed by atoms with E-state index >= 15 is 0 Å². The molecule has 4 rings (SSSR count). The van der Waals surface area contributed by atoms with Crippen LogP contribution in [0.3, 0.4) is 0 Å². The van der Waals surface area contributed by atoms with Crippen LogP contribution in [0.15, 0.2) is 30.7 Å². The number of amides is 1. The molecule has 1 fully saturated rings. The number of anilines is 1. The Bertz CT molecular complexity index is 965. The summed E-state index contributed by atoms with van der Waals surface area (Å²) in [5, 5.41) is 4.23. The van der Waals surface area contributed by atoms with Crippen molar-refractivity contribution in [3.63, 3.8) is 0 Å². The van der Waals surface area contributed by atoms with Gasteiger partial charge < -0.3 is 9.80 Å². The molecule has 0 aromatic carbocycles. The van der Waals surface area contributed by atoms with Crippen molar-refractivity contribution in [2.75, 3.05) is 25.5 Å². The number of aryl methyl sites for hydroxylation is 1. The van der Waals surface area contributed by atoms with Crippen LogP contribution in [-0.2, 0) is 0 Å². The molecule has 1 saturated heterocycles. The molecular formula is C18H21N7O. The zero-order valence-electron chi connectivity index (χ0n) is 15.1. The molecule has 1 aliphatic heterocycles. The summed E-state index contributed by atoms with van der Waals surface area (Å²) >= 11 is 0. The van der Waals surface area contributed by atoms with Gasteiger partial charge in [0.2, 0.25) is 0 Å². The van der Waals surface area contributed by atoms with Gasteiger partial charge in [0.15, 0.2) is 5.65 Å². The largest absolute Gasteiger partial charge is 0.363 e. The fourth-order valence-corrected chi connectivity index (χ4v) is 3.42. The Labute approximate surface area is 151 Å². The van der Waals surface area contributed by atoms with Crippen molar-refractivity contribution >= 4 is 17.4 Å². The fourth-order valence-electron chi connectivity index (χ4n) is 3.42. The first-order valence-corrected chi connectivity index (χ1v) is 8.67. The van der Waals surface area contributed by atoms with Gasteiger partial charge >= 0.3 is 0 Å². The van der Waals surface area contributed by atoms with E-state index in [1.807, 2.05) is 36.9 Å². The standard InChI is InChI=1S/C18H21N7O/c1-12-21-14(10-16(22-12)23(2)3)15-6-4-8-24(15)18(26)13-11-20-25-9-5-7-19-17(13)25/h5,7,9-11,15H,4,6,8H2,1-3H3/t15-/m1/s1. The van der Waals surface area contributed by atoms with Crippen LogP contribution in [-0.4, -0.2) is 56.0 Å². The molecule has 8 nitrogen and oxygen atoms in total. The number of hydrogen-bond donors (Lipinski definition) is 0. The molecule has 3 aromatic rings. The first-order chi connectivity index (χ1) is 12.5. The lowest BCUT2D eigenvalue weighted by Gasteiger charge is -2.25. The molecule has 0 N–H and O–H groups in total. The smallest absolute Gasteiger partial charge is 0.259 e. The van der Waals surface area contributed by atoms with Gasteiger partial charge in [-0.25, -0.2) is 19.5 Å². The molecule has 134 valence electrons. The second-order valence-electron chi connectivity index (χ2n) is 6.70. The van der Waals surface area contributed by atoms with Crippen molar-refractivity contribution < 1.29 is 4.79 Å². The molecule has 26 heavy (non-hydrogen) atoms. The maximum absolute atomic E-state index is 13.2. The summed E-state index contributed by atoms with van der Waals surface area (Å²) in [5.41, 5.74) is 1.99. The van der Waals surface area contributed by atoms with Gasteiger partial charge in [0.25, 0.3) is 5.91 Å². The summed E-state index contributed by atoms with van der Waals surface area (Å²) in [6.45, 7) is 2.58. The zero-order chi connectivity index (χ0) is 18.3. The number of aromatic nitrogens is 5. The lowest BCUT2D eigenvalue weighted by atomic mass is 10.1. The molecule has 0 aliphatic carbocycles. The molecule has 1 atom stereocenters. The van der Waals surface area contributed by atoms with Gasteiger partial charge in [-0.15, -0.1) is 0 Å². The fraction of sp³-hybridized carbons (Fsp3) is 0.389. The summed E-state index contributed by atoms with van der Waals surface area (Å²) in [6.07, 6.45) is 6.89. The molecule has 1 amide bonds. The number of carbonyl (C=O) groups is 1. The highest BCUT2D eigenvalue weighted by atomic mass is 16.2. The van der Waals surface area contributed by atoms with Crippen molar-refractivity contribution in [2.24, 2.45) is 0 Å². The average Bonchev–Trinajstić information content (AvgIpc) is 3.28. The van der Waals surface area contributed by atoms with E-state index in [9.17, 15) is 4.79 Å². The Morgan fingerprint density at radius 1 is 1.31 bits per heavy atom. The Kier molecular flexibility index (Phi) is 4.02. The number of fused-ring (bicyclic) bond motifs is 1. The maximum atomic E-state index is 13.2. The second-order valence-corrected chi connectivity index (χ2v) is 6.70. The number of likely N-dealkylation sites (tertiary alicyclic amines) is 1. The molecule has 3 aromatic heterocycles. The SMILES string of the molecule is Cc1nc([C@H]2CCCN2C(=O)c2cnn3cccnc23)cc(N(C)C)n1. The van der Waals surface area contributed by atoms with Crippen LogP contribution in [0.2, 0.25) is 0 Å². The molecule has 4 heterocycles. The first-order valence-electron chi connectivity index (χ1n) is 8.67. The van der Waals surface area contributed by atoms with Crippen LogP contribution in [0.1, 0.15) is 40.8 Å². The second kappa shape index (κ2) is 6.36. The number of rotatable bonds is 3. The van der Waals surface area contributed by atoms with E-state index in [0.29, 0.717) is 23.6 Å². The van der Waals surface area contributed by atoms with Crippen molar-refractivity contribution in [1.29, 1.82) is 0 Å². The van der Waals surface area contributed by atoms with Gasteiger partial charge in [0.1, 0.15) is 17.2 Å². The number of nitrogens with zero attached hydrogens (tertiary/aromatic N) is 7. The summed E-state index contributed by atoms with van der Waals surface area (Å²) in [5.74, 6) is 1.51. The predicted octanol–water partition coefficient (Wildman–Crippen LogP) is 1.87. The van der Waals surface area contributed by atoms with E-state index in [2.05, 4.69) is 20.1 Å². The summed E-state index contributed by atoms with van der Waals surface area (Å²) < 4.78 is 1.62. The van der Waals surface area contributed by atoms with E-state index in [0.717, 1.165) is 24.4 Å². The van der Waals surface area contributed by atoms with E-state index < -0.39 is 0 Å². The van der Waals surface area contributed by atoms with Gasteiger partial charge in [-0.3, -0.25) is 4.79 Å². The van der Waals surface area contributed by atoms with Crippen LogP contribution in [0.5, 0.6) is 0 Å². The predicted molar refractivity (Wildman–Crippen MR) is 97.1 cm³/mol. The van der Waals surface area contributed by atoms with E-state index in [4.69, 9.17) is 0 Å². The zero-order valence-corrected chi connectivity index (χ0v) is 15.1. The van der Waals surface area contributed by atoms with E-state index in [1.165, 1.54) is 0 Å². The van der Waals surface area contributed by atoms with Gasteiger partial charge in [0.05, 0.1) is 17.9 Å². The topological polar surface area (TPSA) is 79.5 Å². The monoisotopic (exact) mass is 351 g/mol. The number of hydrogen-bond acceptors (Lipinski definition) is 6. The maximum Gasteiger partial charge on any atom is 0.259 e.